The Morgan fingerprint density at radius 3 is 2.23 bits per heavy atom. The molecule has 0 bridgehead atoms. The predicted octanol–water partition coefficient (Wildman–Crippen LogP) is 1.77. The van der Waals surface area contributed by atoms with Gasteiger partial charge < -0.3 is 14.5 Å². The van der Waals surface area contributed by atoms with E-state index in [1.807, 2.05) is 6.92 Å². The predicted molar refractivity (Wildman–Crippen MR) is 171 cm³/mol. The highest BCUT2D eigenvalue weighted by molar-refractivity contribution is 7.86. The topological polar surface area (TPSA) is 167 Å². The number of benzene rings is 1. The van der Waals surface area contributed by atoms with Crippen molar-refractivity contribution in [3.05, 3.63) is 90.8 Å². The zero-order chi connectivity index (χ0) is 32.6. The number of anilines is 2. The standard InChI is InChI=1S/C31H31N11O4S/c1-23-3-7-28(8-4-23)47(43,44)46-12-11-41-18-26(17-39-41)29-33-13-24(14-34-29)5-6-25-15-35-30(36-16-25)40-9-10-42(27(19-40)20-45-2)31-37-21-32-22-38-31/h3-4,7-8,13-18,21-22,27H,9-12,19-20H2,1-2H3/t27-/m1/s1. The Hall–Kier alpha value is -5.37. The first-order valence-corrected chi connectivity index (χ1v) is 16.1. The summed E-state index contributed by atoms with van der Waals surface area (Å²) in [6, 6.07) is 6.52. The number of hydrogen-bond acceptors (Lipinski definition) is 14. The number of nitrogens with zero attached hydrogens (tertiary/aromatic N) is 11. The van der Waals surface area contributed by atoms with Crippen molar-refractivity contribution >= 4 is 22.0 Å². The molecule has 5 aromatic rings. The molecule has 47 heavy (non-hydrogen) atoms. The number of aromatic nitrogens is 9. The summed E-state index contributed by atoms with van der Waals surface area (Å²) in [6.07, 6.45) is 13.0. The lowest BCUT2D eigenvalue weighted by atomic mass is 10.2. The largest absolute Gasteiger partial charge is 0.382 e. The van der Waals surface area contributed by atoms with Crippen molar-refractivity contribution in [2.24, 2.45) is 0 Å². The first-order chi connectivity index (χ1) is 22.9. The number of aryl methyl sites for hydroxylation is 1. The molecule has 0 amide bonds. The van der Waals surface area contributed by atoms with Crippen LogP contribution >= 0.6 is 0 Å². The quantitative estimate of drug-likeness (QED) is 0.158. The molecule has 0 saturated carbocycles. The Morgan fingerprint density at radius 2 is 1.55 bits per heavy atom. The SMILES string of the molecule is COC[C@H]1CN(c2ncc(C#Cc3cnc(-c4cnn(CCOS(=O)(=O)c5ccc(C)cc5)c4)nc3)cn2)CCN1c1ncncn1. The maximum atomic E-state index is 12.4. The highest BCUT2D eigenvalue weighted by Gasteiger charge is 2.30. The van der Waals surface area contributed by atoms with Gasteiger partial charge in [0.1, 0.15) is 12.7 Å². The molecule has 6 rings (SSSR count). The Labute approximate surface area is 271 Å². The minimum absolute atomic E-state index is 0.0266. The van der Waals surface area contributed by atoms with Crippen molar-refractivity contribution in [3.8, 4) is 23.2 Å². The third kappa shape index (κ3) is 7.90. The maximum absolute atomic E-state index is 12.4. The fourth-order valence-electron chi connectivity index (χ4n) is 4.87. The molecule has 0 unspecified atom stereocenters. The molecule has 1 aliphatic rings. The molecular weight excluding hydrogens is 622 g/mol. The maximum Gasteiger partial charge on any atom is 0.297 e. The second-order valence-corrected chi connectivity index (χ2v) is 12.2. The van der Waals surface area contributed by atoms with Crippen molar-refractivity contribution in [1.29, 1.82) is 0 Å². The van der Waals surface area contributed by atoms with Gasteiger partial charge in [-0.15, -0.1) is 0 Å². The molecule has 5 heterocycles. The summed E-state index contributed by atoms with van der Waals surface area (Å²) in [7, 11) is -2.17. The van der Waals surface area contributed by atoms with E-state index in [4.69, 9.17) is 8.92 Å². The van der Waals surface area contributed by atoms with Crippen molar-refractivity contribution < 1.29 is 17.3 Å². The third-order valence-corrected chi connectivity index (χ3v) is 8.59. The van der Waals surface area contributed by atoms with Crippen LogP contribution in [0.3, 0.4) is 0 Å². The van der Waals surface area contributed by atoms with Crippen LogP contribution in [-0.2, 0) is 25.6 Å². The van der Waals surface area contributed by atoms with Gasteiger partial charge >= 0.3 is 0 Å². The lowest BCUT2D eigenvalue weighted by Crippen LogP contribution is -2.56. The summed E-state index contributed by atoms with van der Waals surface area (Å²) in [5.41, 5.74) is 2.92. The molecule has 0 aliphatic carbocycles. The first kappa shape index (κ1) is 31.6. The van der Waals surface area contributed by atoms with Crippen LogP contribution in [0.15, 0.2) is 79.0 Å². The lowest BCUT2D eigenvalue weighted by Gasteiger charge is -2.40. The molecule has 0 radical (unpaired) electrons. The molecule has 16 heteroatoms. The monoisotopic (exact) mass is 653 g/mol. The molecule has 0 N–H and O–H groups in total. The van der Waals surface area contributed by atoms with Gasteiger partial charge in [0, 0.05) is 57.7 Å². The number of methoxy groups -OCH3 is 1. The van der Waals surface area contributed by atoms with Crippen molar-refractivity contribution in [2.75, 3.05) is 49.8 Å². The molecule has 0 spiro atoms. The van der Waals surface area contributed by atoms with Crippen LogP contribution in [0.4, 0.5) is 11.9 Å². The number of rotatable bonds is 10. The minimum atomic E-state index is -3.85. The second-order valence-electron chi connectivity index (χ2n) is 10.6. The minimum Gasteiger partial charge on any atom is -0.382 e. The molecule has 4 aromatic heterocycles. The van der Waals surface area contributed by atoms with Gasteiger partial charge in [0.2, 0.25) is 11.9 Å². The highest BCUT2D eigenvalue weighted by atomic mass is 32.2. The molecule has 1 saturated heterocycles. The van der Waals surface area contributed by atoms with E-state index < -0.39 is 10.1 Å². The molecule has 240 valence electrons. The van der Waals surface area contributed by atoms with Crippen molar-refractivity contribution in [1.82, 2.24) is 44.7 Å². The van der Waals surface area contributed by atoms with E-state index in [2.05, 4.69) is 61.6 Å². The Morgan fingerprint density at radius 1 is 0.872 bits per heavy atom. The van der Waals surface area contributed by atoms with Gasteiger partial charge in [0.25, 0.3) is 10.1 Å². The zero-order valence-electron chi connectivity index (χ0n) is 25.7. The van der Waals surface area contributed by atoms with E-state index in [1.54, 1.807) is 61.1 Å². The Balaban J connectivity index is 1.02. The smallest absolute Gasteiger partial charge is 0.297 e. The number of piperazine rings is 1. The summed E-state index contributed by atoms with van der Waals surface area (Å²) in [4.78, 5) is 34.7. The van der Waals surface area contributed by atoms with Crippen LogP contribution in [0.2, 0.25) is 0 Å². The zero-order valence-corrected chi connectivity index (χ0v) is 26.5. The van der Waals surface area contributed by atoms with E-state index in [1.165, 1.54) is 24.8 Å². The van der Waals surface area contributed by atoms with Crippen LogP contribution in [0.5, 0.6) is 0 Å². The van der Waals surface area contributed by atoms with Crippen LogP contribution < -0.4 is 9.80 Å². The average Bonchev–Trinajstić information content (AvgIpc) is 3.57. The van der Waals surface area contributed by atoms with Gasteiger partial charge in [-0.25, -0.2) is 34.9 Å². The van der Waals surface area contributed by atoms with E-state index in [9.17, 15) is 8.42 Å². The lowest BCUT2D eigenvalue weighted by molar-refractivity contribution is 0.173. The van der Waals surface area contributed by atoms with E-state index in [0.717, 1.165) is 5.56 Å². The molecule has 15 nitrogen and oxygen atoms in total. The van der Waals surface area contributed by atoms with Gasteiger partial charge in [0.05, 0.1) is 53.6 Å². The van der Waals surface area contributed by atoms with Gasteiger partial charge in [-0.1, -0.05) is 29.5 Å². The molecule has 1 aromatic carbocycles. The fourth-order valence-corrected chi connectivity index (χ4v) is 5.77. The second kappa shape index (κ2) is 14.4. The summed E-state index contributed by atoms with van der Waals surface area (Å²) in [6.45, 7) is 4.60. The van der Waals surface area contributed by atoms with Gasteiger partial charge in [-0.2, -0.15) is 13.5 Å². The van der Waals surface area contributed by atoms with Gasteiger partial charge in [-0.05, 0) is 19.1 Å². The molecule has 1 fully saturated rings. The normalized spacial score (nSPS) is 14.9. The molecular formula is C31H31N11O4S. The van der Waals surface area contributed by atoms with Crippen LogP contribution in [0.1, 0.15) is 16.7 Å². The van der Waals surface area contributed by atoms with Crippen LogP contribution in [0, 0.1) is 18.8 Å². The summed E-state index contributed by atoms with van der Waals surface area (Å²) in [5, 5.41) is 4.27. The summed E-state index contributed by atoms with van der Waals surface area (Å²) >= 11 is 0. The molecule has 1 aliphatic heterocycles. The summed E-state index contributed by atoms with van der Waals surface area (Å²) in [5.74, 6) is 7.80. The van der Waals surface area contributed by atoms with E-state index in [-0.39, 0.29) is 24.1 Å². The third-order valence-electron chi connectivity index (χ3n) is 7.26. The fraction of sp³-hybridized carbons (Fsp3) is 0.290. The summed E-state index contributed by atoms with van der Waals surface area (Å²) < 4.78 is 37.0. The van der Waals surface area contributed by atoms with E-state index >= 15 is 0 Å². The number of hydrogen-bond donors (Lipinski definition) is 0. The number of ether oxygens (including phenoxy) is 1. The van der Waals surface area contributed by atoms with Crippen molar-refractivity contribution in [2.45, 2.75) is 24.4 Å². The average molecular weight is 654 g/mol. The molecule has 1 atom stereocenters. The van der Waals surface area contributed by atoms with E-state index in [0.29, 0.717) is 60.7 Å². The Kier molecular flexibility index (Phi) is 9.67. The van der Waals surface area contributed by atoms with Gasteiger partial charge in [-0.3, -0.25) is 8.86 Å². The highest BCUT2D eigenvalue weighted by Crippen LogP contribution is 2.20. The van der Waals surface area contributed by atoms with Crippen LogP contribution in [0.25, 0.3) is 11.4 Å². The van der Waals surface area contributed by atoms with Crippen LogP contribution in [-0.4, -0.2) is 99.1 Å². The van der Waals surface area contributed by atoms with Gasteiger partial charge in [0.15, 0.2) is 5.82 Å². The first-order valence-electron chi connectivity index (χ1n) is 14.7. The Bertz CT molecular complexity index is 1950. The van der Waals surface area contributed by atoms with Crippen molar-refractivity contribution in [3.63, 3.8) is 0 Å².